The Morgan fingerprint density at radius 2 is 1.86 bits per heavy atom. The van der Waals surface area contributed by atoms with Gasteiger partial charge in [0.15, 0.2) is 0 Å². The molecular weight excluding hydrogens is 278 g/mol. The first-order chi connectivity index (χ1) is 10.7. The molecule has 0 aromatic heterocycles. The van der Waals surface area contributed by atoms with Crippen molar-refractivity contribution in [2.75, 3.05) is 19.6 Å². The second kappa shape index (κ2) is 8.57. The predicted octanol–water partition coefficient (Wildman–Crippen LogP) is 2.00. The highest BCUT2D eigenvalue weighted by Gasteiger charge is 2.22. The van der Waals surface area contributed by atoms with Gasteiger partial charge in [-0.3, -0.25) is 9.59 Å². The molecule has 2 fully saturated rings. The monoisotopic (exact) mass is 303 g/mol. The number of piperidine rings is 1. The molecule has 0 unspecified atom stereocenters. The van der Waals surface area contributed by atoms with Crippen LogP contribution >= 0.6 is 0 Å². The van der Waals surface area contributed by atoms with Gasteiger partial charge in [0.2, 0.25) is 11.8 Å². The van der Waals surface area contributed by atoms with Gasteiger partial charge in [0.1, 0.15) is 6.42 Å². The fourth-order valence-electron chi connectivity index (χ4n) is 3.22. The summed E-state index contributed by atoms with van der Waals surface area (Å²) in [5, 5.41) is 11.2. The summed E-state index contributed by atoms with van der Waals surface area (Å²) in [6, 6.07) is 1.84. The van der Waals surface area contributed by atoms with Gasteiger partial charge in [0, 0.05) is 19.6 Å². The van der Waals surface area contributed by atoms with Crippen LogP contribution in [0.25, 0.3) is 0 Å². The van der Waals surface area contributed by atoms with E-state index in [0.717, 1.165) is 25.9 Å². The van der Waals surface area contributed by atoms with Crippen LogP contribution in [0.1, 0.15) is 44.9 Å². The zero-order valence-electron chi connectivity index (χ0n) is 13.1. The van der Waals surface area contributed by atoms with Crippen LogP contribution < -0.4 is 5.32 Å². The minimum absolute atomic E-state index is 0.0801. The molecule has 1 saturated heterocycles. The molecule has 1 aliphatic carbocycles. The number of nitrogens with zero attached hydrogens (tertiary/aromatic N) is 2. The third-order valence-electron chi connectivity index (χ3n) is 4.66. The molecule has 120 valence electrons. The van der Waals surface area contributed by atoms with Gasteiger partial charge < -0.3 is 10.2 Å². The van der Waals surface area contributed by atoms with Crippen LogP contribution in [0.3, 0.4) is 0 Å². The maximum atomic E-state index is 12.1. The van der Waals surface area contributed by atoms with Crippen molar-refractivity contribution >= 4 is 11.8 Å². The Bertz CT molecular complexity index is 453. The molecule has 2 aliphatic rings. The maximum Gasteiger partial charge on any atom is 0.246 e. The zero-order valence-corrected chi connectivity index (χ0v) is 13.1. The van der Waals surface area contributed by atoms with Gasteiger partial charge >= 0.3 is 0 Å². The fraction of sp³-hybridized carbons (Fsp3) is 0.706. The molecule has 2 amide bonds. The first-order valence-corrected chi connectivity index (χ1v) is 8.30. The van der Waals surface area contributed by atoms with Crippen molar-refractivity contribution in [3.05, 3.63) is 12.2 Å². The van der Waals surface area contributed by atoms with Crippen LogP contribution in [0.4, 0.5) is 0 Å². The van der Waals surface area contributed by atoms with Gasteiger partial charge in [-0.05, 0) is 43.6 Å². The minimum atomic E-state index is -0.208. The molecule has 0 bridgehead atoms. The Hall–Kier alpha value is -1.83. The molecule has 1 saturated carbocycles. The van der Waals surface area contributed by atoms with Crippen molar-refractivity contribution < 1.29 is 9.59 Å². The van der Waals surface area contributed by atoms with E-state index < -0.39 is 0 Å². The second-order valence-corrected chi connectivity index (χ2v) is 6.31. The molecule has 0 spiro atoms. The van der Waals surface area contributed by atoms with E-state index in [1.165, 1.54) is 25.7 Å². The number of likely N-dealkylation sites (tertiary alicyclic amines) is 1. The van der Waals surface area contributed by atoms with Crippen molar-refractivity contribution in [2.24, 2.45) is 11.8 Å². The fourth-order valence-corrected chi connectivity index (χ4v) is 3.22. The Kier molecular flexibility index (Phi) is 6.45. The van der Waals surface area contributed by atoms with Gasteiger partial charge in [0.25, 0.3) is 0 Å². The van der Waals surface area contributed by atoms with Crippen LogP contribution in [-0.4, -0.2) is 36.3 Å². The summed E-state index contributed by atoms with van der Waals surface area (Å²) >= 11 is 0. The molecule has 0 atom stereocenters. The summed E-state index contributed by atoms with van der Waals surface area (Å²) in [7, 11) is 0. The molecule has 22 heavy (non-hydrogen) atoms. The van der Waals surface area contributed by atoms with Crippen molar-refractivity contribution in [1.29, 1.82) is 5.26 Å². The average Bonchev–Trinajstić information content (AvgIpc) is 3.05. The molecule has 2 rings (SSSR count). The van der Waals surface area contributed by atoms with Crippen molar-refractivity contribution in [2.45, 2.75) is 44.9 Å². The number of rotatable bonds is 5. The van der Waals surface area contributed by atoms with Crippen LogP contribution in [0.5, 0.6) is 0 Å². The van der Waals surface area contributed by atoms with E-state index >= 15 is 0 Å². The first kappa shape index (κ1) is 16.5. The van der Waals surface area contributed by atoms with Crippen LogP contribution in [0.15, 0.2) is 12.2 Å². The zero-order chi connectivity index (χ0) is 15.8. The smallest absolute Gasteiger partial charge is 0.246 e. The number of allylic oxidation sites excluding steroid dienone is 1. The van der Waals surface area contributed by atoms with Gasteiger partial charge in [-0.1, -0.05) is 18.9 Å². The van der Waals surface area contributed by atoms with E-state index in [2.05, 4.69) is 11.4 Å². The largest absolute Gasteiger partial charge is 0.355 e. The molecule has 1 N–H and O–H groups in total. The number of nitrogens with one attached hydrogen (secondary N) is 1. The Balaban J connectivity index is 1.66. The number of nitriles is 1. The van der Waals surface area contributed by atoms with Crippen molar-refractivity contribution in [1.82, 2.24) is 10.2 Å². The first-order valence-electron chi connectivity index (χ1n) is 8.30. The standard InChI is InChI=1S/C17H25N3O2/c18-10-7-16(21)19-13-15-8-11-20(12-9-15)17(22)6-5-14-3-1-2-4-14/h5-6,14-15H,1-4,7-9,11-13H2,(H,19,21)/b6-5+. The lowest BCUT2D eigenvalue weighted by Gasteiger charge is -2.31. The van der Waals surface area contributed by atoms with Crippen molar-refractivity contribution in [3.8, 4) is 6.07 Å². The number of carbonyl (C=O) groups excluding carboxylic acids is 2. The lowest BCUT2D eigenvalue weighted by Crippen LogP contribution is -2.40. The number of hydrogen-bond donors (Lipinski definition) is 1. The summed E-state index contributed by atoms with van der Waals surface area (Å²) in [5.41, 5.74) is 0. The number of amides is 2. The highest BCUT2D eigenvalue weighted by Crippen LogP contribution is 2.25. The summed E-state index contributed by atoms with van der Waals surface area (Å²) in [5.74, 6) is 0.918. The topological polar surface area (TPSA) is 73.2 Å². The normalized spacial score (nSPS) is 20.2. The van der Waals surface area contributed by atoms with Crippen LogP contribution in [0, 0.1) is 23.2 Å². The molecular formula is C17H25N3O2. The molecule has 1 aliphatic heterocycles. The quantitative estimate of drug-likeness (QED) is 0.789. The predicted molar refractivity (Wildman–Crippen MR) is 83.6 cm³/mol. The summed E-state index contributed by atoms with van der Waals surface area (Å²) in [6.07, 6.45) is 10.6. The number of hydrogen-bond acceptors (Lipinski definition) is 3. The van der Waals surface area contributed by atoms with E-state index in [1.807, 2.05) is 11.0 Å². The Morgan fingerprint density at radius 3 is 2.50 bits per heavy atom. The highest BCUT2D eigenvalue weighted by atomic mass is 16.2. The highest BCUT2D eigenvalue weighted by molar-refractivity contribution is 5.87. The molecule has 0 aromatic carbocycles. The molecule has 5 heteroatoms. The van der Waals surface area contributed by atoms with Crippen LogP contribution in [-0.2, 0) is 9.59 Å². The Morgan fingerprint density at radius 1 is 1.18 bits per heavy atom. The third kappa shape index (κ3) is 5.18. The number of carbonyl (C=O) groups is 2. The molecule has 5 nitrogen and oxygen atoms in total. The van der Waals surface area contributed by atoms with E-state index in [1.54, 1.807) is 6.08 Å². The maximum absolute atomic E-state index is 12.1. The van der Waals surface area contributed by atoms with Gasteiger partial charge in [-0.15, -0.1) is 0 Å². The minimum Gasteiger partial charge on any atom is -0.355 e. The lowest BCUT2D eigenvalue weighted by molar-refractivity contribution is -0.127. The van der Waals surface area contributed by atoms with E-state index in [-0.39, 0.29) is 18.2 Å². The van der Waals surface area contributed by atoms with Gasteiger partial charge in [0.05, 0.1) is 6.07 Å². The van der Waals surface area contributed by atoms with E-state index in [9.17, 15) is 9.59 Å². The summed E-state index contributed by atoms with van der Waals surface area (Å²) < 4.78 is 0. The summed E-state index contributed by atoms with van der Waals surface area (Å²) in [4.78, 5) is 25.3. The molecule has 0 aromatic rings. The van der Waals surface area contributed by atoms with Crippen molar-refractivity contribution in [3.63, 3.8) is 0 Å². The van der Waals surface area contributed by atoms with E-state index in [0.29, 0.717) is 18.4 Å². The molecule has 1 heterocycles. The second-order valence-electron chi connectivity index (χ2n) is 6.31. The van der Waals surface area contributed by atoms with Gasteiger partial charge in [-0.2, -0.15) is 5.26 Å². The SMILES string of the molecule is N#CCC(=O)NCC1CCN(C(=O)/C=C/C2CCCC2)CC1. The van der Waals surface area contributed by atoms with Gasteiger partial charge in [-0.25, -0.2) is 0 Å². The lowest BCUT2D eigenvalue weighted by atomic mass is 9.96. The molecule has 0 radical (unpaired) electrons. The van der Waals surface area contributed by atoms with Crippen LogP contribution in [0.2, 0.25) is 0 Å². The average molecular weight is 303 g/mol. The third-order valence-corrected chi connectivity index (χ3v) is 4.66. The van der Waals surface area contributed by atoms with E-state index in [4.69, 9.17) is 5.26 Å². The summed E-state index contributed by atoms with van der Waals surface area (Å²) in [6.45, 7) is 2.12. The Labute approximate surface area is 132 Å².